The van der Waals surface area contributed by atoms with Gasteiger partial charge in [-0.15, -0.1) is 0 Å². The van der Waals surface area contributed by atoms with Crippen LogP contribution in [-0.2, 0) is 4.79 Å². The van der Waals surface area contributed by atoms with Crippen LogP contribution in [0.2, 0.25) is 0 Å². The van der Waals surface area contributed by atoms with E-state index in [1.165, 1.54) is 13.1 Å². The normalized spacial score (nSPS) is 10.5. The summed E-state index contributed by atoms with van der Waals surface area (Å²) in [6.45, 7) is 3.22. The number of carbonyl (C=O) groups excluding carboxylic acids is 2. The highest BCUT2D eigenvalue weighted by Crippen LogP contribution is 2.14. The Morgan fingerprint density at radius 1 is 1.00 bits per heavy atom. The minimum absolute atomic E-state index is 0.146. The summed E-state index contributed by atoms with van der Waals surface area (Å²) in [7, 11) is 4.06. The van der Waals surface area contributed by atoms with Crippen molar-refractivity contribution in [1.82, 2.24) is 14.9 Å². The van der Waals surface area contributed by atoms with Gasteiger partial charge in [-0.1, -0.05) is 0 Å². The van der Waals surface area contributed by atoms with Gasteiger partial charge in [0.25, 0.3) is 5.91 Å². The summed E-state index contributed by atoms with van der Waals surface area (Å²) in [5.74, 6) is 0.149. The van der Waals surface area contributed by atoms with E-state index >= 15 is 0 Å². The van der Waals surface area contributed by atoms with Crippen LogP contribution in [0.5, 0.6) is 0 Å². The molecule has 2 rings (SSSR count). The van der Waals surface area contributed by atoms with Gasteiger partial charge in [0.1, 0.15) is 11.5 Å². The molecule has 0 bridgehead atoms. The zero-order valence-electron chi connectivity index (χ0n) is 15.2. The monoisotopic (exact) mass is 356 g/mol. The highest BCUT2D eigenvalue weighted by molar-refractivity contribution is 6.02. The maximum absolute atomic E-state index is 12.2. The van der Waals surface area contributed by atoms with Crippen molar-refractivity contribution in [3.63, 3.8) is 0 Å². The number of anilines is 3. The van der Waals surface area contributed by atoms with E-state index in [0.717, 1.165) is 19.5 Å². The van der Waals surface area contributed by atoms with Crippen LogP contribution in [0.3, 0.4) is 0 Å². The molecular weight excluding hydrogens is 332 g/mol. The largest absolute Gasteiger partial charge is 0.369 e. The molecule has 0 fully saturated rings. The molecule has 0 saturated heterocycles. The molecule has 8 nitrogen and oxygen atoms in total. The molecule has 0 saturated carbocycles. The first-order chi connectivity index (χ1) is 12.4. The molecule has 0 aliphatic rings. The van der Waals surface area contributed by atoms with E-state index in [2.05, 4.69) is 30.8 Å². The van der Waals surface area contributed by atoms with Gasteiger partial charge in [-0.3, -0.25) is 9.59 Å². The fraction of sp³-hybridized carbons (Fsp3) is 0.333. The van der Waals surface area contributed by atoms with Crippen LogP contribution in [0.1, 0.15) is 23.8 Å². The van der Waals surface area contributed by atoms with E-state index in [1.807, 2.05) is 14.1 Å². The summed E-state index contributed by atoms with van der Waals surface area (Å²) in [6, 6.07) is 6.83. The highest BCUT2D eigenvalue weighted by atomic mass is 16.2. The van der Waals surface area contributed by atoms with Crippen molar-refractivity contribution in [1.29, 1.82) is 0 Å². The van der Waals surface area contributed by atoms with Crippen LogP contribution in [-0.4, -0.2) is 53.9 Å². The summed E-state index contributed by atoms with van der Waals surface area (Å²) in [4.78, 5) is 33.7. The number of aromatic nitrogens is 2. The van der Waals surface area contributed by atoms with E-state index in [1.54, 1.807) is 30.5 Å². The molecule has 0 aliphatic carbocycles. The Morgan fingerprint density at radius 2 is 1.65 bits per heavy atom. The summed E-state index contributed by atoms with van der Waals surface area (Å²) in [6.07, 6.45) is 3.98. The fourth-order valence-corrected chi connectivity index (χ4v) is 2.18. The lowest BCUT2D eigenvalue weighted by atomic mass is 10.2. The molecule has 2 amide bonds. The smallest absolute Gasteiger partial charge is 0.275 e. The van der Waals surface area contributed by atoms with Crippen molar-refractivity contribution < 1.29 is 9.59 Å². The van der Waals surface area contributed by atoms with E-state index in [9.17, 15) is 9.59 Å². The number of hydrogen-bond acceptors (Lipinski definition) is 6. The maximum Gasteiger partial charge on any atom is 0.275 e. The van der Waals surface area contributed by atoms with Crippen LogP contribution in [0.4, 0.5) is 17.2 Å². The molecule has 26 heavy (non-hydrogen) atoms. The molecule has 1 aromatic carbocycles. The van der Waals surface area contributed by atoms with Gasteiger partial charge in [0.2, 0.25) is 5.91 Å². The third-order valence-electron chi connectivity index (χ3n) is 3.44. The van der Waals surface area contributed by atoms with Gasteiger partial charge in [0, 0.05) is 24.8 Å². The summed E-state index contributed by atoms with van der Waals surface area (Å²) in [5, 5.41) is 8.58. The predicted octanol–water partition coefficient (Wildman–Crippen LogP) is 2.05. The Labute approximate surface area is 153 Å². The number of rotatable bonds is 8. The maximum atomic E-state index is 12.2. The van der Waals surface area contributed by atoms with E-state index in [0.29, 0.717) is 17.2 Å². The lowest BCUT2D eigenvalue weighted by Gasteiger charge is -2.10. The summed E-state index contributed by atoms with van der Waals surface area (Å²) < 4.78 is 0. The number of nitrogens with zero attached hydrogens (tertiary/aromatic N) is 3. The van der Waals surface area contributed by atoms with Gasteiger partial charge >= 0.3 is 0 Å². The molecule has 138 valence electrons. The second kappa shape index (κ2) is 9.47. The first kappa shape index (κ1) is 19.3. The molecule has 1 heterocycles. The second-order valence-corrected chi connectivity index (χ2v) is 6.08. The first-order valence-corrected chi connectivity index (χ1v) is 8.33. The lowest BCUT2D eigenvalue weighted by Crippen LogP contribution is -2.17. The van der Waals surface area contributed by atoms with Crippen LogP contribution >= 0.6 is 0 Å². The van der Waals surface area contributed by atoms with Crippen molar-refractivity contribution in [2.24, 2.45) is 0 Å². The number of hydrogen-bond donors (Lipinski definition) is 3. The second-order valence-electron chi connectivity index (χ2n) is 6.08. The predicted molar refractivity (Wildman–Crippen MR) is 102 cm³/mol. The molecule has 2 aromatic rings. The third-order valence-corrected chi connectivity index (χ3v) is 3.44. The van der Waals surface area contributed by atoms with Crippen LogP contribution in [0.25, 0.3) is 0 Å². The SMILES string of the molecule is CC(=O)Nc1ccc(NC(=O)c2cnc(NCCCN(C)C)cn2)cc1. The molecule has 0 radical (unpaired) electrons. The van der Waals surface area contributed by atoms with Gasteiger partial charge in [0.15, 0.2) is 0 Å². The molecule has 0 spiro atoms. The van der Waals surface area contributed by atoms with Crippen LogP contribution < -0.4 is 16.0 Å². The number of nitrogens with one attached hydrogen (secondary N) is 3. The topological polar surface area (TPSA) is 99.2 Å². The van der Waals surface area contributed by atoms with E-state index in [-0.39, 0.29) is 17.5 Å². The van der Waals surface area contributed by atoms with Gasteiger partial charge in [-0.25, -0.2) is 9.97 Å². The van der Waals surface area contributed by atoms with Gasteiger partial charge < -0.3 is 20.9 Å². The molecule has 0 unspecified atom stereocenters. The molecular formula is C18H24N6O2. The third kappa shape index (κ3) is 6.48. The summed E-state index contributed by atoms with van der Waals surface area (Å²) >= 11 is 0. The molecule has 3 N–H and O–H groups in total. The lowest BCUT2D eigenvalue weighted by molar-refractivity contribution is -0.114. The minimum Gasteiger partial charge on any atom is -0.369 e. The average Bonchev–Trinajstić information content (AvgIpc) is 2.60. The summed E-state index contributed by atoms with van der Waals surface area (Å²) in [5.41, 5.74) is 1.51. The van der Waals surface area contributed by atoms with Crippen LogP contribution in [0.15, 0.2) is 36.7 Å². The van der Waals surface area contributed by atoms with Gasteiger partial charge in [0.05, 0.1) is 12.4 Å². The first-order valence-electron chi connectivity index (χ1n) is 8.33. The zero-order chi connectivity index (χ0) is 18.9. The minimum atomic E-state index is -0.344. The Balaban J connectivity index is 1.86. The number of amides is 2. The van der Waals surface area contributed by atoms with Crippen molar-refractivity contribution >= 4 is 29.0 Å². The molecule has 1 aromatic heterocycles. The van der Waals surface area contributed by atoms with Crippen molar-refractivity contribution in [2.75, 3.05) is 43.1 Å². The Morgan fingerprint density at radius 3 is 2.19 bits per heavy atom. The van der Waals surface area contributed by atoms with Crippen molar-refractivity contribution in [3.8, 4) is 0 Å². The molecule has 8 heteroatoms. The quantitative estimate of drug-likeness (QED) is 0.626. The standard InChI is InChI=1S/C18H24N6O2/c1-13(25)22-14-5-7-15(8-6-14)23-18(26)16-11-21-17(12-20-16)19-9-4-10-24(2)3/h5-8,11-12H,4,9-10H2,1-3H3,(H,19,21)(H,22,25)(H,23,26). The molecule has 0 atom stereocenters. The molecule has 0 aliphatic heterocycles. The van der Waals surface area contributed by atoms with E-state index < -0.39 is 0 Å². The Bertz CT molecular complexity index is 728. The fourth-order valence-electron chi connectivity index (χ4n) is 2.18. The average molecular weight is 356 g/mol. The number of benzene rings is 1. The van der Waals surface area contributed by atoms with Crippen molar-refractivity contribution in [2.45, 2.75) is 13.3 Å². The highest BCUT2D eigenvalue weighted by Gasteiger charge is 2.08. The van der Waals surface area contributed by atoms with Crippen molar-refractivity contribution in [3.05, 3.63) is 42.4 Å². The van der Waals surface area contributed by atoms with E-state index in [4.69, 9.17) is 0 Å². The van der Waals surface area contributed by atoms with Crippen LogP contribution in [0, 0.1) is 0 Å². The Hall–Kier alpha value is -3.00. The van der Waals surface area contributed by atoms with Gasteiger partial charge in [-0.05, 0) is 51.3 Å². The van der Waals surface area contributed by atoms with Gasteiger partial charge in [-0.2, -0.15) is 0 Å². The Kier molecular flexibility index (Phi) is 7.04. The number of carbonyl (C=O) groups is 2. The zero-order valence-corrected chi connectivity index (χ0v) is 15.2.